The Morgan fingerprint density at radius 2 is 1.74 bits per heavy atom. The molecule has 162 valence electrons. The first-order valence-corrected chi connectivity index (χ1v) is 9.93. The minimum absolute atomic E-state index is 0.0452. The second-order valence-electron chi connectivity index (χ2n) is 7.71. The van der Waals surface area contributed by atoms with Gasteiger partial charge in [0, 0.05) is 25.2 Å². The molecule has 1 fully saturated rings. The Morgan fingerprint density at radius 1 is 1.06 bits per heavy atom. The average Bonchev–Trinajstić information content (AvgIpc) is 3.06. The van der Waals surface area contributed by atoms with Gasteiger partial charge in [-0.25, -0.2) is 4.90 Å². The molecule has 2 amide bonds. The molecular weight excluding hydrogens is 402 g/mol. The van der Waals surface area contributed by atoms with E-state index in [1.54, 1.807) is 27.2 Å². The lowest BCUT2D eigenvalue weighted by molar-refractivity contribution is -0.384. The fourth-order valence-corrected chi connectivity index (χ4v) is 4.28. The molecule has 31 heavy (non-hydrogen) atoms. The highest BCUT2D eigenvalue weighted by molar-refractivity contribution is 6.22. The minimum atomic E-state index is -0.604. The van der Waals surface area contributed by atoms with Gasteiger partial charge >= 0.3 is 0 Å². The Bertz CT molecular complexity index is 1080. The first-order chi connectivity index (χ1) is 14.8. The Kier molecular flexibility index (Phi) is 5.36. The van der Waals surface area contributed by atoms with E-state index in [1.807, 2.05) is 17.0 Å². The molecule has 0 saturated carbocycles. The van der Waals surface area contributed by atoms with Gasteiger partial charge in [-0.2, -0.15) is 0 Å². The molecule has 0 spiro atoms. The average molecular weight is 425 g/mol. The Labute approximate surface area is 179 Å². The number of methoxy groups -OCH3 is 2. The van der Waals surface area contributed by atoms with Crippen LogP contribution in [-0.4, -0.2) is 48.4 Å². The Balaban J connectivity index is 1.61. The molecule has 2 aliphatic heterocycles. The van der Waals surface area contributed by atoms with Crippen LogP contribution in [0.1, 0.15) is 23.1 Å². The summed E-state index contributed by atoms with van der Waals surface area (Å²) in [6.07, 6.45) is 0.757. The van der Waals surface area contributed by atoms with Crippen LogP contribution in [0.4, 0.5) is 11.4 Å². The van der Waals surface area contributed by atoms with Crippen LogP contribution in [0, 0.1) is 17.0 Å². The van der Waals surface area contributed by atoms with E-state index in [1.165, 1.54) is 12.1 Å². The predicted octanol–water partition coefficient (Wildman–Crippen LogP) is 2.61. The zero-order chi connectivity index (χ0) is 22.3. The van der Waals surface area contributed by atoms with E-state index in [2.05, 4.69) is 0 Å². The van der Waals surface area contributed by atoms with Crippen LogP contribution in [0.25, 0.3) is 0 Å². The van der Waals surface area contributed by atoms with Gasteiger partial charge in [0.2, 0.25) is 5.91 Å². The lowest BCUT2D eigenvalue weighted by Crippen LogP contribution is -2.44. The summed E-state index contributed by atoms with van der Waals surface area (Å²) in [7, 11) is 3.16. The molecule has 2 aromatic carbocycles. The number of carbonyl (C=O) groups excluding carboxylic acids is 2. The first-order valence-electron chi connectivity index (χ1n) is 9.93. The van der Waals surface area contributed by atoms with Gasteiger partial charge in [0.25, 0.3) is 11.6 Å². The van der Waals surface area contributed by atoms with Crippen LogP contribution >= 0.6 is 0 Å². The fourth-order valence-electron chi connectivity index (χ4n) is 4.28. The lowest BCUT2D eigenvalue weighted by atomic mass is 9.97. The van der Waals surface area contributed by atoms with E-state index in [-0.39, 0.29) is 29.6 Å². The fraction of sp³-hybridized carbons (Fsp3) is 0.364. The summed E-state index contributed by atoms with van der Waals surface area (Å²) >= 11 is 0. The van der Waals surface area contributed by atoms with Crippen LogP contribution in [0.15, 0.2) is 30.3 Å². The van der Waals surface area contributed by atoms with Crippen LogP contribution in [0.3, 0.4) is 0 Å². The molecule has 1 atom stereocenters. The monoisotopic (exact) mass is 425 g/mol. The number of benzene rings is 2. The van der Waals surface area contributed by atoms with Gasteiger partial charge in [-0.3, -0.25) is 24.6 Å². The van der Waals surface area contributed by atoms with Gasteiger partial charge in [-0.15, -0.1) is 0 Å². The van der Waals surface area contributed by atoms with Crippen molar-refractivity contribution in [1.29, 1.82) is 0 Å². The van der Waals surface area contributed by atoms with Gasteiger partial charge in [0.1, 0.15) is 0 Å². The van der Waals surface area contributed by atoms with E-state index in [0.29, 0.717) is 36.6 Å². The number of nitro benzene ring substituents is 1. The van der Waals surface area contributed by atoms with Crippen LogP contribution in [0.2, 0.25) is 0 Å². The Hall–Kier alpha value is -3.46. The van der Waals surface area contributed by atoms with Gasteiger partial charge in [0.15, 0.2) is 11.5 Å². The van der Waals surface area contributed by atoms with Crippen molar-refractivity contribution < 1.29 is 24.0 Å². The quantitative estimate of drug-likeness (QED) is 0.412. The number of nitro groups is 1. The zero-order valence-electron chi connectivity index (χ0n) is 17.6. The maximum Gasteiger partial charge on any atom is 0.271 e. The van der Waals surface area contributed by atoms with Crippen molar-refractivity contribution in [3.8, 4) is 11.5 Å². The molecule has 0 N–H and O–H groups in total. The van der Waals surface area contributed by atoms with Crippen LogP contribution < -0.4 is 14.4 Å². The number of fused-ring (bicyclic) bond motifs is 1. The zero-order valence-corrected chi connectivity index (χ0v) is 17.6. The van der Waals surface area contributed by atoms with E-state index in [0.717, 1.165) is 16.0 Å². The SMILES string of the molecule is COc1cc2c(cc1OC)CN([C@H]1CC(=O)N(c3cc([N+](=O)[O-])ccc3C)C1=O)CC2. The highest BCUT2D eigenvalue weighted by Crippen LogP contribution is 2.36. The summed E-state index contributed by atoms with van der Waals surface area (Å²) in [6, 6.07) is 7.46. The molecule has 4 rings (SSSR count). The number of non-ortho nitro benzene ring substituents is 1. The van der Waals surface area contributed by atoms with E-state index >= 15 is 0 Å². The number of nitrogens with zero attached hydrogens (tertiary/aromatic N) is 3. The number of imide groups is 1. The molecule has 0 unspecified atom stereocenters. The third-order valence-corrected chi connectivity index (χ3v) is 5.96. The number of amides is 2. The standard InChI is InChI=1S/C22H23N3O6/c1-13-4-5-16(25(28)29)10-17(13)24-21(26)11-18(22(24)27)23-7-6-14-8-19(30-2)20(31-3)9-15(14)12-23/h4-5,8-10,18H,6-7,11-12H2,1-3H3/t18-/m0/s1. The summed E-state index contributed by atoms with van der Waals surface area (Å²) in [5.41, 5.74) is 2.90. The third kappa shape index (κ3) is 3.61. The van der Waals surface area contributed by atoms with Crippen LogP contribution in [-0.2, 0) is 22.6 Å². The van der Waals surface area contributed by atoms with Crippen molar-refractivity contribution in [2.45, 2.75) is 32.4 Å². The van der Waals surface area contributed by atoms with Gasteiger partial charge in [-0.05, 0) is 42.2 Å². The number of anilines is 1. The normalized spacial score (nSPS) is 18.8. The summed E-state index contributed by atoms with van der Waals surface area (Å²) in [5.74, 6) is 0.578. The molecule has 0 radical (unpaired) electrons. The topological polar surface area (TPSA) is 102 Å². The summed E-state index contributed by atoms with van der Waals surface area (Å²) < 4.78 is 10.8. The summed E-state index contributed by atoms with van der Waals surface area (Å²) in [4.78, 5) is 39.7. The molecule has 0 aliphatic carbocycles. The minimum Gasteiger partial charge on any atom is -0.493 e. The van der Waals surface area contributed by atoms with E-state index in [4.69, 9.17) is 9.47 Å². The Morgan fingerprint density at radius 3 is 2.39 bits per heavy atom. The molecule has 9 nitrogen and oxygen atoms in total. The summed E-state index contributed by atoms with van der Waals surface area (Å²) in [6.45, 7) is 2.85. The van der Waals surface area contributed by atoms with Crippen molar-refractivity contribution in [3.05, 3.63) is 57.1 Å². The number of ether oxygens (including phenoxy) is 2. The van der Waals surface area contributed by atoms with Crippen molar-refractivity contribution in [3.63, 3.8) is 0 Å². The van der Waals surface area contributed by atoms with Crippen molar-refractivity contribution in [2.75, 3.05) is 25.7 Å². The number of hydrogen-bond donors (Lipinski definition) is 0. The molecule has 1 saturated heterocycles. The number of hydrogen-bond acceptors (Lipinski definition) is 7. The van der Waals surface area contributed by atoms with Crippen molar-refractivity contribution in [2.24, 2.45) is 0 Å². The third-order valence-electron chi connectivity index (χ3n) is 5.96. The molecule has 9 heteroatoms. The van der Waals surface area contributed by atoms with Crippen molar-refractivity contribution in [1.82, 2.24) is 4.90 Å². The highest BCUT2D eigenvalue weighted by Gasteiger charge is 2.44. The highest BCUT2D eigenvalue weighted by atomic mass is 16.6. The maximum absolute atomic E-state index is 13.2. The van der Waals surface area contributed by atoms with E-state index in [9.17, 15) is 19.7 Å². The molecule has 2 aromatic rings. The molecule has 2 heterocycles. The first kappa shape index (κ1) is 20.8. The summed E-state index contributed by atoms with van der Waals surface area (Å²) in [5, 5.41) is 11.2. The van der Waals surface area contributed by atoms with Crippen molar-refractivity contribution >= 4 is 23.2 Å². The molecule has 0 aromatic heterocycles. The van der Waals surface area contributed by atoms with Gasteiger partial charge in [0.05, 0.1) is 37.3 Å². The predicted molar refractivity (Wildman–Crippen MR) is 112 cm³/mol. The maximum atomic E-state index is 13.2. The number of rotatable bonds is 5. The molecular formula is C22H23N3O6. The van der Waals surface area contributed by atoms with Gasteiger partial charge in [-0.1, -0.05) is 6.07 Å². The largest absolute Gasteiger partial charge is 0.493 e. The van der Waals surface area contributed by atoms with E-state index < -0.39 is 11.0 Å². The van der Waals surface area contributed by atoms with Crippen LogP contribution in [0.5, 0.6) is 11.5 Å². The van der Waals surface area contributed by atoms with Gasteiger partial charge < -0.3 is 9.47 Å². The lowest BCUT2D eigenvalue weighted by Gasteiger charge is -2.32. The number of aryl methyl sites for hydroxylation is 1. The molecule has 2 aliphatic rings. The molecule has 0 bridgehead atoms. The smallest absolute Gasteiger partial charge is 0.271 e. The second kappa shape index (κ2) is 7.99. The second-order valence-corrected chi connectivity index (χ2v) is 7.71. The number of carbonyl (C=O) groups is 2.